The average Bonchev–Trinajstić information content (AvgIpc) is 2.66. The minimum Gasteiger partial charge on any atom is -0.350 e. The molecule has 26 heavy (non-hydrogen) atoms. The van der Waals surface area contributed by atoms with E-state index in [4.69, 9.17) is 11.6 Å². The average molecular weight is 371 g/mol. The van der Waals surface area contributed by atoms with Gasteiger partial charge in [-0.2, -0.15) is 0 Å². The van der Waals surface area contributed by atoms with Gasteiger partial charge in [-0.3, -0.25) is 4.79 Å². The van der Waals surface area contributed by atoms with E-state index in [1.807, 2.05) is 25.1 Å². The van der Waals surface area contributed by atoms with Crippen molar-refractivity contribution >= 4 is 29.1 Å². The largest absolute Gasteiger partial charge is 0.350 e. The van der Waals surface area contributed by atoms with Crippen molar-refractivity contribution in [2.75, 3.05) is 11.9 Å². The Morgan fingerprint density at radius 2 is 2.15 bits per heavy atom. The van der Waals surface area contributed by atoms with Crippen LogP contribution in [0.2, 0.25) is 5.02 Å². The van der Waals surface area contributed by atoms with E-state index in [1.165, 1.54) is 18.4 Å². The van der Waals surface area contributed by atoms with Crippen LogP contribution >= 0.6 is 11.6 Å². The molecule has 2 aromatic rings. The van der Waals surface area contributed by atoms with Crippen LogP contribution in [0.25, 0.3) is 0 Å². The van der Waals surface area contributed by atoms with Crippen molar-refractivity contribution in [1.29, 1.82) is 0 Å². The summed E-state index contributed by atoms with van der Waals surface area (Å²) < 4.78 is 0. The Morgan fingerprint density at radius 3 is 2.92 bits per heavy atom. The highest BCUT2D eigenvalue weighted by atomic mass is 35.5. The zero-order chi connectivity index (χ0) is 18.4. The summed E-state index contributed by atoms with van der Waals surface area (Å²) in [6, 6.07) is 7.24. The molecule has 0 saturated carbocycles. The van der Waals surface area contributed by atoms with Gasteiger partial charge in [0.1, 0.15) is 5.69 Å². The van der Waals surface area contributed by atoms with E-state index in [2.05, 4.69) is 26.7 Å². The van der Waals surface area contributed by atoms with Crippen LogP contribution in [0.5, 0.6) is 0 Å². The number of carbonyl (C=O) groups excluding carboxylic acids is 1. The van der Waals surface area contributed by atoms with Gasteiger partial charge in [0, 0.05) is 23.5 Å². The molecule has 0 radical (unpaired) electrons. The highest BCUT2D eigenvalue weighted by molar-refractivity contribution is 6.31. The van der Waals surface area contributed by atoms with E-state index in [0.29, 0.717) is 23.2 Å². The van der Waals surface area contributed by atoms with Gasteiger partial charge in [-0.25, -0.2) is 9.97 Å². The van der Waals surface area contributed by atoms with Crippen molar-refractivity contribution in [3.63, 3.8) is 0 Å². The topological polar surface area (TPSA) is 66.9 Å². The zero-order valence-electron chi connectivity index (χ0n) is 14.9. The normalized spacial score (nSPS) is 13.8. The molecule has 1 heterocycles. The van der Waals surface area contributed by atoms with E-state index in [9.17, 15) is 4.79 Å². The Balaban J connectivity index is 1.58. The van der Waals surface area contributed by atoms with E-state index >= 15 is 0 Å². The summed E-state index contributed by atoms with van der Waals surface area (Å²) >= 11 is 6.13. The first-order valence-electron chi connectivity index (χ1n) is 8.94. The number of aryl methyl sites for hydroxylation is 1. The summed E-state index contributed by atoms with van der Waals surface area (Å²) in [4.78, 5) is 20.8. The van der Waals surface area contributed by atoms with Crippen molar-refractivity contribution in [1.82, 2.24) is 15.3 Å². The second-order valence-electron chi connectivity index (χ2n) is 6.47. The fraction of sp³-hybridized carbons (Fsp3) is 0.350. The van der Waals surface area contributed by atoms with E-state index in [1.54, 1.807) is 12.3 Å². The van der Waals surface area contributed by atoms with Crippen molar-refractivity contribution in [3.05, 3.63) is 58.4 Å². The van der Waals surface area contributed by atoms with Gasteiger partial charge in [-0.05, 0) is 62.8 Å². The molecule has 1 aliphatic carbocycles. The Kier molecular flexibility index (Phi) is 6.23. The van der Waals surface area contributed by atoms with Crippen molar-refractivity contribution in [3.8, 4) is 0 Å². The molecule has 5 nitrogen and oxygen atoms in total. The molecule has 0 bridgehead atoms. The van der Waals surface area contributed by atoms with Gasteiger partial charge in [0.15, 0.2) is 0 Å². The molecule has 0 saturated heterocycles. The minimum atomic E-state index is -0.186. The number of nitrogens with zero attached hydrogens (tertiary/aromatic N) is 2. The maximum Gasteiger partial charge on any atom is 0.270 e. The summed E-state index contributed by atoms with van der Waals surface area (Å²) in [5.74, 6) is 0.182. The molecular formula is C20H23ClN4O. The third kappa shape index (κ3) is 5.05. The van der Waals surface area contributed by atoms with Crippen molar-refractivity contribution in [2.45, 2.75) is 39.0 Å². The Bertz CT molecular complexity index is 819. The van der Waals surface area contributed by atoms with Crippen LogP contribution in [0, 0.1) is 6.92 Å². The lowest BCUT2D eigenvalue weighted by Crippen LogP contribution is -2.26. The highest BCUT2D eigenvalue weighted by Crippen LogP contribution is 2.22. The zero-order valence-corrected chi connectivity index (χ0v) is 15.6. The Labute approximate surface area is 158 Å². The first-order chi connectivity index (χ1) is 12.6. The molecule has 0 unspecified atom stereocenters. The maximum atomic E-state index is 12.3. The standard InChI is InChI=1S/C20H23ClN4O/c1-14-7-8-16(13-17(14)21)24-20-23-12-10-18(25-20)19(26)22-11-9-15-5-3-2-4-6-15/h5,7-8,10,12-13H,2-4,6,9,11H2,1H3,(H,22,26)(H,23,24,25). The van der Waals surface area contributed by atoms with Crippen LogP contribution in [0.15, 0.2) is 42.1 Å². The van der Waals surface area contributed by atoms with Crippen LogP contribution < -0.4 is 10.6 Å². The van der Waals surface area contributed by atoms with Gasteiger partial charge in [-0.1, -0.05) is 29.3 Å². The minimum absolute atomic E-state index is 0.186. The molecule has 0 atom stereocenters. The molecule has 136 valence electrons. The van der Waals surface area contributed by atoms with Crippen LogP contribution in [0.1, 0.15) is 48.2 Å². The number of carbonyl (C=O) groups is 1. The number of allylic oxidation sites excluding steroid dienone is 1. The number of hydrogen-bond donors (Lipinski definition) is 2. The molecule has 0 spiro atoms. The Morgan fingerprint density at radius 1 is 1.27 bits per heavy atom. The lowest BCUT2D eigenvalue weighted by atomic mass is 9.97. The molecule has 1 aliphatic rings. The molecular weight excluding hydrogens is 348 g/mol. The van der Waals surface area contributed by atoms with Gasteiger partial charge in [0.25, 0.3) is 5.91 Å². The lowest BCUT2D eigenvalue weighted by Gasteiger charge is -2.13. The second-order valence-corrected chi connectivity index (χ2v) is 6.88. The lowest BCUT2D eigenvalue weighted by molar-refractivity contribution is 0.0949. The molecule has 6 heteroatoms. The third-order valence-electron chi connectivity index (χ3n) is 4.43. The summed E-state index contributed by atoms with van der Waals surface area (Å²) in [5, 5.41) is 6.68. The van der Waals surface area contributed by atoms with Gasteiger partial charge in [0.2, 0.25) is 5.95 Å². The van der Waals surface area contributed by atoms with Crippen molar-refractivity contribution < 1.29 is 4.79 Å². The van der Waals surface area contributed by atoms with Crippen molar-refractivity contribution in [2.24, 2.45) is 0 Å². The summed E-state index contributed by atoms with van der Waals surface area (Å²) in [6.45, 7) is 2.57. The number of nitrogens with one attached hydrogen (secondary N) is 2. The fourth-order valence-electron chi connectivity index (χ4n) is 2.90. The summed E-state index contributed by atoms with van der Waals surface area (Å²) in [5.41, 5.74) is 3.57. The van der Waals surface area contributed by atoms with E-state index in [0.717, 1.165) is 30.5 Å². The SMILES string of the molecule is Cc1ccc(Nc2nccc(C(=O)NCCC3=CCCCC3)n2)cc1Cl. The predicted octanol–water partition coefficient (Wildman–Crippen LogP) is 4.80. The predicted molar refractivity (Wildman–Crippen MR) is 105 cm³/mol. The van der Waals surface area contributed by atoms with Gasteiger partial charge >= 0.3 is 0 Å². The first kappa shape index (κ1) is 18.4. The summed E-state index contributed by atoms with van der Waals surface area (Å²) in [7, 11) is 0. The molecule has 1 aromatic carbocycles. The maximum absolute atomic E-state index is 12.3. The number of hydrogen-bond acceptors (Lipinski definition) is 4. The number of amides is 1. The molecule has 0 fully saturated rings. The molecule has 1 amide bonds. The van der Waals surface area contributed by atoms with Gasteiger partial charge < -0.3 is 10.6 Å². The number of benzene rings is 1. The number of anilines is 2. The number of rotatable bonds is 6. The molecule has 2 N–H and O–H groups in total. The Hall–Kier alpha value is -2.40. The highest BCUT2D eigenvalue weighted by Gasteiger charge is 2.10. The molecule has 3 rings (SSSR count). The van der Waals surface area contributed by atoms with Crippen LogP contribution in [0.4, 0.5) is 11.6 Å². The van der Waals surface area contributed by atoms with E-state index < -0.39 is 0 Å². The smallest absolute Gasteiger partial charge is 0.270 e. The van der Waals surface area contributed by atoms with Gasteiger partial charge in [-0.15, -0.1) is 0 Å². The monoisotopic (exact) mass is 370 g/mol. The second kappa shape index (κ2) is 8.81. The quantitative estimate of drug-likeness (QED) is 0.716. The summed E-state index contributed by atoms with van der Waals surface area (Å²) in [6.07, 6.45) is 9.62. The third-order valence-corrected chi connectivity index (χ3v) is 4.84. The van der Waals surface area contributed by atoms with Gasteiger partial charge in [0.05, 0.1) is 0 Å². The fourth-order valence-corrected chi connectivity index (χ4v) is 3.08. The first-order valence-corrected chi connectivity index (χ1v) is 9.32. The van der Waals surface area contributed by atoms with E-state index in [-0.39, 0.29) is 5.91 Å². The molecule has 0 aliphatic heterocycles. The van der Waals surface area contributed by atoms with Crippen LogP contribution in [-0.2, 0) is 0 Å². The molecule has 1 aromatic heterocycles. The number of aromatic nitrogens is 2. The number of halogens is 1. The van der Waals surface area contributed by atoms with Crippen LogP contribution in [0.3, 0.4) is 0 Å². The van der Waals surface area contributed by atoms with Crippen LogP contribution in [-0.4, -0.2) is 22.4 Å².